The molecule has 0 spiro atoms. The smallest absolute Gasteiger partial charge is 0.136 e. The minimum Gasteiger partial charge on any atom is -0.299 e. The van der Waals surface area contributed by atoms with Gasteiger partial charge in [-0.25, -0.2) is 0 Å². The molecule has 0 heterocycles. The molecule has 0 aliphatic heterocycles. The Morgan fingerprint density at radius 3 is 2.47 bits per heavy atom. The molecular weight excluding hydrogens is 184 g/mol. The van der Waals surface area contributed by atoms with Gasteiger partial charge in [-0.3, -0.25) is 4.79 Å². The van der Waals surface area contributed by atoms with E-state index in [0.29, 0.717) is 12.2 Å². The number of rotatable bonds is 9. The molecule has 1 unspecified atom stereocenters. The van der Waals surface area contributed by atoms with Crippen LogP contribution in [0.1, 0.15) is 52.4 Å². The molecule has 0 fully saturated rings. The lowest BCUT2D eigenvalue weighted by Gasteiger charge is -2.14. The Balaban J connectivity index is 4.05. The maximum absolute atomic E-state index is 11.8. The molecule has 15 heavy (non-hydrogen) atoms. The van der Waals surface area contributed by atoms with Crippen molar-refractivity contribution < 1.29 is 4.79 Å². The number of hydrogen-bond donors (Lipinski definition) is 0. The van der Waals surface area contributed by atoms with Crippen LogP contribution in [0.5, 0.6) is 0 Å². The predicted molar refractivity (Wildman–Crippen MR) is 66.9 cm³/mol. The van der Waals surface area contributed by atoms with E-state index in [9.17, 15) is 4.79 Å². The summed E-state index contributed by atoms with van der Waals surface area (Å²) in [4.78, 5) is 11.8. The fourth-order valence-corrected chi connectivity index (χ4v) is 1.68. The van der Waals surface area contributed by atoms with Crippen LogP contribution in [-0.4, -0.2) is 5.78 Å². The summed E-state index contributed by atoms with van der Waals surface area (Å²) < 4.78 is 0. The summed E-state index contributed by atoms with van der Waals surface area (Å²) in [6, 6.07) is 0. The van der Waals surface area contributed by atoms with E-state index in [2.05, 4.69) is 20.1 Å². The first-order valence-corrected chi connectivity index (χ1v) is 5.89. The normalized spacial score (nSPS) is 12.1. The van der Waals surface area contributed by atoms with Crippen molar-refractivity contribution in [2.75, 3.05) is 0 Å². The van der Waals surface area contributed by atoms with Crippen molar-refractivity contribution in [3.63, 3.8) is 0 Å². The molecule has 1 nitrogen and oxygen atoms in total. The van der Waals surface area contributed by atoms with Crippen molar-refractivity contribution in [2.24, 2.45) is 5.92 Å². The number of carbonyl (C=O) groups is 1. The van der Waals surface area contributed by atoms with Gasteiger partial charge < -0.3 is 0 Å². The highest BCUT2D eigenvalue weighted by molar-refractivity contribution is 5.81. The van der Waals surface area contributed by atoms with E-state index in [1.54, 1.807) is 0 Å². The monoisotopic (exact) mass is 208 g/mol. The summed E-state index contributed by atoms with van der Waals surface area (Å²) >= 11 is 0. The Hall–Kier alpha value is -0.850. The predicted octanol–water partition coefficient (Wildman–Crippen LogP) is 4.29. The number of Topliss-reactive ketones (excluding diaryl/α,β-unsaturated/α-hetero) is 1. The highest BCUT2D eigenvalue weighted by atomic mass is 16.1. The molecular formula is C14H24O. The molecule has 86 valence electrons. The van der Waals surface area contributed by atoms with Crippen LogP contribution >= 0.6 is 0 Å². The first-order valence-electron chi connectivity index (χ1n) is 5.89. The second-order valence-corrected chi connectivity index (χ2v) is 4.28. The Labute approximate surface area is 94.3 Å². The van der Waals surface area contributed by atoms with Crippen molar-refractivity contribution in [1.29, 1.82) is 0 Å². The maximum atomic E-state index is 11.8. The van der Waals surface area contributed by atoms with E-state index in [1.165, 1.54) is 5.57 Å². The lowest BCUT2D eigenvalue weighted by molar-refractivity contribution is -0.123. The van der Waals surface area contributed by atoms with Gasteiger partial charge in [0.25, 0.3) is 0 Å². The summed E-state index contributed by atoms with van der Waals surface area (Å²) in [5.74, 6) is 0.643. The molecule has 0 radical (unpaired) electrons. The van der Waals surface area contributed by atoms with Gasteiger partial charge in [-0.1, -0.05) is 25.0 Å². The largest absolute Gasteiger partial charge is 0.299 e. The average molecular weight is 208 g/mol. The van der Waals surface area contributed by atoms with Gasteiger partial charge in [0.1, 0.15) is 5.78 Å². The third kappa shape index (κ3) is 7.12. The van der Waals surface area contributed by atoms with Crippen molar-refractivity contribution in [1.82, 2.24) is 0 Å². The minimum atomic E-state index is 0.242. The van der Waals surface area contributed by atoms with Crippen molar-refractivity contribution in [3.8, 4) is 0 Å². The minimum absolute atomic E-state index is 0.242. The molecule has 0 N–H and O–H groups in total. The van der Waals surface area contributed by atoms with Crippen LogP contribution in [0, 0.1) is 5.92 Å². The van der Waals surface area contributed by atoms with E-state index < -0.39 is 0 Å². The summed E-state index contributed by atoms with van der Waals surface area (Å²) in [6.07, 6.45) is 7.34. The van der Waals surface area contributed by atoms with Gasteiger partial charge in [0.2, 0.25) is 0 Å². The van der Waals surface area contributed by atoms with Gasteiger partial charge in [0, 0.05) is 12.3 Å². The zero-order valence-corrected chi connectivity index (χ0v) is 10.2. The van der Waals surface area contributed by atoms with Gasteiger partial charge in [0.05, 0.1) is 0 Å². The van der Waals surface area contributed by atoms with E-state index in [0.717, 1.165) is 32.1 Å². The average Bonchev–Trinajstić information content (AvgIpc) is 2.20. The molecule has 0 aliphatic carbocycles. The quantitative estimate of drug-likeness (QED) is 0.516. The zero-order valence-electron chi connectivity index (χ0n) is 10.2. The Kier molecular flexibility index (Phi) is 7.98. The second-order valence-electron chi connectivity index (χ2n) is 4.28. The van der Waals surface area contributed by atoms with Crippen LogP contribution in [0.25, 0.3) is 0 Å². The highest BCUT2D eigenvalue weighted by Gasteiger charge is 2.15. The fraction of sp³-hybridized carbons (Fsp3) is 0.643. The Bertz CT molecular complexity index is 215. The van der Waals surface area contributed by atoms with Crippen LogP contribution < -0.4 is 0 Å². The summed E-state index contributed by atoms with van der Waals surface area (Å²) in [5.41, 5.74) is 1.17. The highest BCUT2D eigenvalue weighted by Crippen LogP contribution is 2.19. The topological polar surface area (TPSA) is 17.1 Å². The van der Waals surface area contributed by atoms with Crippen LogP contribution in [0.3, 0.4) is 0 Å². The molecule has 0 aliphatic rings. The van der Waals surface area contributed by atoms with Crippen LogP contribution in [0.15, 0.2) is 24.8 Å². The molecule has 1 atom stereocenters. The van der Waals surface area contributed by atoms with Crippen molar-refractivity contribution in [2.45, 2.75) is 52.4 Å². The number of hydrogen-bond acceptors (Lipinski definition) is 1. The number of ketones is 1. The third-order valence-electron chi connectivity index (χ3n) is 2.61. The molecule has 0 saturated heterocycles. The van der Waals surface area contributed by atoms with Gasteiger partial charge >= 0.3 is 0 Å². The summed E-state index contributed by atoms with van der Waals surface area (Å²) in [7, 11) is 0. The molecule has 0 aromatic carbocycles. The Morgan fingerprint density at radius 2 is 2.00 bits per heavy atom. The fourth-order valence-electron chi connectivity index (χ4n) is 1.68. The number of allylic oxidation sites excluding steroid dienone is 2. The molecule has 0 amide bonds. The van der Waals surface area contributed by atoms with Crippen molar-refractivity contribution >= 4 is 5.78 Å². The third-order valence-corrected chi connectivity index (χ3v) is 2.61. The lowest BCUT2D eigenvalue weighted by Crippen LogP contribution is -2.14. The molecule has 0 aromatic heterocycles. The summed E-state index contributed by atoms with van der Waals surface area (Å²) in [5, 5.41) is 0. The summed E-state index contributed by atoms with van der Waals surface area (Å²) in [6.45, 7) is 11.7. The van der Waals surface area contributed by atoms with Gasteiger partial charge in [-0.05, 0) is 32.6 Å². The van der Waals surface area contributed by atoms with Crippen molar-refractivity contribution in [3.05, 3.63) is 24.8 Å². The molecule has 0 bridgehead atoms. The molecule has 0 saturated carbocycles. The lowest BCUT2D eigenvalue weighted by atomic mass is 9.90. The van der Waals surface area contributed by atoms with Crippen LogP contribution in [0.2, 0.25) is 0 Å². The molecule has 0 rings (SSSR count). The van der Waals surface area contributed by atoms with E-state index in [4.69, 9.17) is 0 Å². The second kappa shape index (κ2) is 8.46. The first-order chi connectivity index (χ1) is 7.11. The van der Waals surface area contributed by atoms with Gasteiger partial charge in [-0.15, -0.1) is 13.2 Å². The SMILES string of the molecule is C=CCCC(=O)C(CCC)CCC(=C)C. The standard InChI is InChI=1S/C14H24O/c1-5-7-9-14(15)13(8-6-2)11-10-12(3)4/h5,13H,1,3,6-11H2,2,4H3. The molecule has 1 heteroatoms. The van der Waals surface area contributed by atoms with E-state index >= 15 is 0 Å². The van der Waals surface area contributed by atoms with E-state index in [1.807, 2.05) is 13.0 Å². The van der Waals surface area contributed by atoms with Crippen LogP contribution in [0.4, 0.5) is 0 Å². The Morgan fingerprint density at radius 1 is 1.33 bits per heavy atom. The van der Waals surface area contributed by atoms with E-state index in [-0.39, 0.29) is 5.92 Å². The van der Waals surface area contributed by atoms with Crippen LogP contribution in [-0.2, 0) is 4.79 Å². The molecule has 0 aromatic rings. The van der Waals surface area contributed by atoms with Gasteiger partial charge in [-0.2, -0.15) is 0 Å². The first kappa shape index (κ1) is 14.2. The maximum Gasteiger partial charge on any atom is 0.136 e. The zero-order chi connectivity index (χ0) is 11.7. The number of carbonyl (C=O) groups excluding carboxylic acids is 1. The van der Waals surface area contributed by atoms with Gasteiger partial charge in [0.15, 0.2) is 0 Å².